The van der Waals surface area contributed by atoms with Crippen molar-refractivity contribution >= 4 is 27.2 Å². The Kier molecular flexibility index (Phi) is 5.33. The normalized spacial score (nSPS) is 15.7. The Morgan fingerprint density at radius 1 is 1.36 bits per heavy atom. The number of nitrogens with one attached hydrogen (secondary N) is 1. The molecule has 1 aromatic heterocycles. The molecule has 1 aromatic rings. The molecule has 0 aromatic carbocycles. The Morgan fingerprint density at radius 3 is 2.68 bits per heavy atom. The maximum absolute atomic E-state index is 12.2. The predicted molar refractivity (Wildman–Crippen MR) is 85.6 cm³/mol. The quantitative estimate of drug-likeness (QED) is 0.845. The number of amides is 1. The van der Waals surface area contributed by atoms with Crippen LogP contribution in [-0.2, 0) is 14.6 Å². The van der Waals surface area contributed by atoms with Gasteiger partial charge in [-0.15, -0.1) is 0 Å². The molecule has 0 aliphatic heterocycles. The second kappa shape index (κ2) is 7.04. The molecule has 0 bridgehead atoms. The first-order chi connectivity index (χ1) is 10.4. The number of hydrogen-bond donors (Lipinski definition) is 1. The Labute approximate surface area is 131 Å². The molecule has 1 N–H and O–H groups in total. The van der Waals surface area contributed by atoms with Crippen LogP contribution >= 0.6 is 0 Å². The van der Waals surface area contributed by atoms with Crippen LogP contribution in [0.5, 0.6) is 0 Å². The van der Waals surface area contributed by atoms with Gasteiger partial charge < -0.3 is 10.2 Å². The minimum absolute atomic E-state index is 0.0411. The fourth-order valence-corrected chi connectivity index (χ4v) is 4.48. The summed E-state index contributed by atoms with van der Waals surface area (Å²) in [6, 6.07) is 0. The maximum Gasteiger partial charge on any atom is 0.225 e. The van der Waals surface area contributed by atoms with E-state index in [0.29, 0.717) is 11.5 Å². The van der Waals surface area contributed by atoms with Crippen LogP contribution < -0.4 is 10.2 Å². The molecule has 1 saturated carbocycles. The van der Waals surface area contributed by atoms with Gasteiger partial charge in [-0.2, -0.15) is 0 Å². The fourth-order valence-electron chi connectivity index (χ4n) is 2.63. The van der Waals surface area contributed by atoms with Crippen molar-refractivity contribution in [2.75, 3.05) is 30.1 Å². The summed E-state index contributed by atoms with van der Waals surface area (Å²) >= 11 is 0. The molecule has 8 heteroatoms. The van der Waals surface area contributed by atoms with Gasteiger partial charge in [0.15, 0.2) is 15.7 Å². The first-order valence-corrected chi connectivity index (χ1v) is 9.10. The topological polar surface area (TPSA) is 92.3 Å². The number of carbonyl (C=O) groups excluding carboxylic acids is 1. The van der Waals surface area contributed by atoms with Crippen LogP contribution in [0.25, 0.3) is 0 Å². The van der Waals surface area contributed by atoms with E-state index in [-0.39, 0.29) is 23.3 Å². The minimum Gasteiger partial charge on any atom is -0.361 e. The molecule has 0 radical (unpaired) electrons. The molecular formula is C14H22N4O3S. The summed E-state index contributed by atoms with van der Waals surface area (Å²) in [5.41, 5.74) is 0.482. The Hall–Kier alpha value is -1.70. The van der Waals surface area contributed by atoms with Crippen molar-refractivity contribution in [1.29, 1.82) is 0 Å². The molecule has 1 fully saturated rings. The SMILES string of the molecule is CN(C)c1ncncc1NC(=O)CCS(=O)(=O)C1CCCC1. The molecule has 2 rings (SSSR count). The van der Waals surface area contributed by atoms with E-state index in [4.69, 9.17) is 0 Å². The molecule has 122 valence electrons. The van der Waals surface area contributed by atoms with Gasteiger partial charge in [0.05, 0.1) is 17.2 Å². The van der Waals surface area contributed by atoms with Gasteiger partial charge in [-0.05, 0) is 12.8 Å². The Balaban J connectivity index is 1.93. The minimum atomic E-state index is -3.18. The molecule has 1 aliphatic carbocycles. The van der Waals surface area contributed by atoms with Gasteiger partial charge in [-0.25, -0.2) is 18.4 Å². The number of anilines is 2. The third-order valence-electron chi connectivity index (χ3n) is 3.81. The summed E-state index contributed by atoms with van der Waals surface area (Å²) in [5, 5.41) is 2.42. The summed E-state index contributed by atoms with van der Waals surface area (Å²) < 4.78 is 24.3. The van der Waals surface area contributed by atoms with Gasteiger partial charge >= 0.3 is 0 Å². The van der Waals surface area contributed by atoms with Crippen LogP contribution in [0, 0.1) is 0 Å². The lowest BCUT2D eigenvalue weighted by atomic mass is 10.4. The maximum atomic E-state index is 12.2. The van der Waals surface area contributed by atoms with Crippen LogP contribution in [0.1, 0.15) is 32.1 Å². The highest BCUT2D eigenvalue weighted by atomic mass is 32.2. The summed E-state index contributed by atoms with van der Waals surface area (Å²) in [4.78, 5) is 21.7. The van der Waals surface area contributed by atoms with E-state index in [1.807, 2.05) is 14.1 Å². The van der Waals surface area contributed by atoms with Crippen molar-refractivity contribution in [1.82, 2.24) is 9.97 Å². The number of nitrogens with zero attached hydrogens (tertiary/aromatic N) is 3. The molecule has 1 aliphatic rings. The zero-order chi connectivity index (χ0) is 16.2. The molecule has 0 atom stereocenters. The van der Waals surface area contributed by atoms with E-state index in [2.05, 4.69) is 15.3 Å². The summed E-state index contributed by atoms with van der Waals surface area (Å²) in [6.45, 7) is 0. The average Bonchev–Trinajstić information content (AvgIpc) is 3.01. The van der Waals surface area contributed by atoms with Crippen LogP contribution in [0.15, 0.2) is 12.5 Å². The summed E-state index contributed by atoms with van der Waals surface area (Å²) in [5.74, 6) is 0.149. The van der Waals surface area contributed by atoms with E-state index in [9.17, 15) is 13.2 Å². The van der Waals surface area contributed by atoms with Crippen molar-refractivity contribution in [2.45, 2.75) is 37.4 Å². The highest BCUT2D eigenvalue weighted by Gasteiger charge is 2.28. The van der Waals surface area contributed by atoms with Crippen molar-refractivity contribution in [2.24, 2.45) is 0 Å². The average molecular weight is 326 g/mol. The number of hydrogen-bond acceptors (Lipinski definition) is 6. The van der Waals surface area contributed by atoms with Crippen molar-refractivity contribution in [3.63, 3.8) is 0 Å². The fraction of sp³-hybridized carbons (Fsp3) is 0.643. The zero-order valence-corrected chi connectivity index (χ0v) is 13.8. The van der Waals surface area contributed by atoms with E-state index in [1.54, 1.807) is 4.90 Å². The Morgan fingerprint density at radius 2 is 2.05 bits per heavy atom. The summed E-state index contributed by atoms with van der Waals surface area (Å²) in [7, 11) is 0.440. The lowest BCUT2D eigenvalue weighted by Crippen LogP contribution is -2.25. The van der Waals surface area contributed by atoms with Crippen LogP contribution in [-0.4, -0.2) is 49.4 Å². The third kappa shape index (κ3) is 4.16. The van der Waals surface area contributed by atoms with Gasteiger partial charge in [-0.3, -0.25) is 4.79 Å². The predicted octanol–water partition coefficient (Wildman–Crippen LogP) is 1.23. The molecule has 22 heavy (non-hydrogen) atoms. The number of carbonyl (C=O) groups is 1. The lowest BCUT2D eigenvalue weighted by Gasteiger charge is -2.16. The number of aromatic nitrogens is 2. The van der Waals surface area contributed by atoms with Gasteiger partial charge in [0.1, 0.15) is 12.0 Å². The first kappa shape index (κ1) is 16.7. The monoisotopic (exact) mass is 326 g/mol. The molecule has 0 spiro atoms. The van der Waals surface area contributed by atoms with E-state index in [0.717, 1.165) is 25.7 Å². The highest BCUT2D eigenvalue weighted by molar-refractivity contribution is 7.92. The van der Waals surface area contributed by atoms with Crippen molar-refractivity contribution < 1.29 is 13.2 Å². The van der Waals surface area contributed by atoms with Gasteiger partial charge in [-0.1, -0.05) is 12.8 Å². The van der Waals surface area contributed by atoms with Crippen molar-refractivity contribution in [3.8, 4) is 0 Å². The van der Waals surface area contributed by atoms with Gasteiger partial charge in [0.25, 0.3) is 0 Å². The van der Waals surface area contributed by atoms with E-state index in [1.165, 1.54) is 12.5 Å². The molecule has 1 heterocycles. The number of sulfone groups is 1. The standard InChI is InChI=1S/C14H22N4O3S/c1-18(2)14-12(9-15-10-16-14)17-13(19)7-8-22(20,21)11-5-3-4-6-11/h9-11H,3-8H2,1-2H3,(H,17,19). The number of rotatable bonds is 6. The van der Waals surface area contributed by atoms with Crippen LogP contribution in [0.4, 0.5) is 11.5 Å². The van der Waals surface area contributed by atoms with E-state index < -0.39 is 9.84 Å². The first-order valence-electron chi connectivity index (χ1n) is 7.39. The van der Waals surface area contributed by atoms with Crippen molar-refractivity contribution in [3.05, 3.63) is 12.5 Å². The highest BCUT2D eigenvalue weighted by Crippen LogP contribution is 2.25. The largest absolute Gasteiger partial charge is 0.361 e. The second-order valence-electron chi connectivity index (χ2n) is 5.73. The van der Waals surface area contributed by atoms with Crippen LogP contribution in [0.3, 0.4) is 0 Å². The summed E-state index contributed by atoms with van der Waals surface area (Å²) in [6.07, 6.45) is 6.23. The molecule has 0 saturated heterocycles. The molecule has 7 nitrogen and oxygen atoms in total. The molecule has 1 amide bonds. The lowest BCUT2D eigenvalue weighted by molar-refractivity contribution is -0.115. The zero-order valence-electron chi connectivity index (χ0n) is 12.9. The van der Waals surface area contributed by atoms with Gasteiger partial charge in [0, 0.05) is 20.5 Å². The van der Waals surface area contributed by atoms with Gasteiger partial charge in [0.2, 0.25) is 5.91 Å². The second-order valence-corrected chi connectivity index (χ2v) is 8.13. The van der Waals surface area contributed by atoms with E-state index >= 15 is 0 Å². The third-order valence-corrected chi connectivity index (χ3v) is 6.07. The smallest absolute Gasteiger partial charge is 0.225 e. The Bertz CT molecular complexity index is 625. The van der Waals surface area contributed by atoms with Crippen LogP contribution in [0.2, 0.25) is 0 Å². The molecular weight excluding hydrogens is 304 g/mol. The molecule has 0 unspecified atom stereocenters.